The molecule has 0 fully saturated rings. The number of carbonyl (C=O) groups is 1. The number of benzene rings is 2. The topological polar surface area (TPSA) is 68.3 Å². The summed E-state index contributed by atoms with van der Waals surface area (Å²) in [6.07, 6.45) is 2.99. The van der Waals surface area contributed by atoms with Crippen LogP contribution in [0.2, 0.25) is 0 Å². The number of nitrogens with zero attached hydrogens (tertiary/aromatic N) is 3. The number of hydrogen-bond acceptors (Lipinski definition) is 4. The lowest BCUT2D eigenvalue weighted by atomic mass is 10.2. The van der Waals surface area contributed by atoms with E-state index in [9.17, 15) is 9.59 Å². The molecule has 0 saturated carbocycles. The van der Waals surface area contributed by atoms with E-state index in [4.69, 9.17) is 4.42 Å². The van der Waals surface area contributed by atoms with Crippen molar-refractivity contribution in [2.45, 2.75) is 20.0 Å². The lowest BCUT2D eigenvalue weighted by Gasteiger charge is -2.22. The first-order chi connectivity index (χ1) is 13.6. The second kappa shape index (κ2) is 7.52. The molecule has 1 amide bonds. The molecule has 0 aliphatic carbocycles. The molecule has 140 valence electrons. The lowest BCUT2D eigenvalue weighted by molar-refractivity contribution is -0.119. The molecule has 0 aliphatic heterocycles. The van der Waals surface area contributed by atoms with Crippen LogP contribution in [-0.4, -0.2) is 15.5 Å². The molecule has 4 aromatic rings. The van der Waals surface area contributed by atoms with Crippen LogP contribution in [0, 0.1) is 6.92 Å². The zero-order valence-electron chi connectivity index (χ0n) is 15.4. The number of hydrogen-bond donors (Lipinski definition) is 0. The van der Waals surface area contributed by atoms with Gasteiger partial charge in [0, 0.05) is 5.69 Å². The molecule has 0 aliphatic rings. The molecular weight excluding hydrogens is 354 g/mol. The SMILES string of the molecule is Cc1ccc(N(Cc2ccco2)C(=O)Cn2cnc3ccccc3c2=O)cc1. The molecule has 0 spiro atoms. The van der Waals surface area contributed by atoms with Crippen molar-refractivity contribution < 1.29 is 9.21 Å². The lowest BCUT2D eigenvalue weighted by Crippen LogP contribution is -2.36. The fraction of sp³-hybridized carbons (Fsp3) is 0.136. The summed E-state index contributed by atoms with van der Waals surface area (Å²) >= 11 is 0. The molecule has 0 atom stereocenters. The third-order valence-corrected chi connectivity index (χ3v) is 4.58. The third kappa shape index (κ3) is 3.57. The monoisotopic (exact) mass is 373 g/mol. The Morgan fingerprint density at radius 3 is 2.61 bits per heavy atom. The Kier molecular flexibility index (Phi) is 4.76. The van der Waals surface area contributed by atoms with E-state index in [-0.39, 0.29) is 24.6 Å². The Labute approximate surface area is 161 Å². The van der Waals surface area contributed by atoms with Gasteiger partial charge in [0.2, 0.25) is 5.91 Å². The minimum absolute atomic E-state index is 0.106. The van der Waals surface area contributed by atoms with Crippen molar-refractivity contribution in [3.05, 3.63) is 94.9 Å². The van der Waals surface area contributed by atoms with Crippen molar-refractivity contribution in [2.24, 2.45) is 0 Å². The molecule has 2 heterocycles. The Bertz CT molecular complexity index is 1160. The van der Waals surface area contributed by atoms with E-state index >= 15 is 0 Å². The Balaban J connectivity index is 1.66. The highest BCUT2D eigenvalue weighted by Crippen LogP contribution is 2.19. The number of rotatable bonds is 5. The van der Waals surface area contributed by atoms with Crippen LogP contribution in [0.25, 0.3) is 10.9 Å². The van der Waals surface area contributed by atoms with Gasteiger partial charge in [-0.3, -0.25) is 14.2 Å². The fourth-order valence-electron chi connectivity index (χ4n) is 3.06. The van der Waals surface area contributed by atoms with Gasteiger partial charge in [-0.1, -0.05) is 29.8 Å². The highest BCUT2D eigenvalue weighted by Gasteiger charge is 2.19. The highest BCUT2D eigenvalue weighted by atomic mass is 16.3. The smallest absolute Gasteiger partial charge is 0.261 e. The number of para-hydroxylation sites is 1. The van der Waals surface area contributed by atoms with Crippen LogP contribution in [-0.2, 0) is 17.9 Å². The van der Waals surface area contributed by atoms with E-state index in [2.05, 4.69) is 4.98 Å². The summed E-state index contributed by atoms with van der Waals surface area (Å²) in [6.45, 7) is 2.17. The van der Waals surface area contributed by atoms with E-state index < -0.39 is 0 Å². The molecule has 28 heavy (non-hydrogen) atoms. The van der Waals surface area contributed by atoms with Gasteiger partial charge in [-0.15, -0.1) is 0 Å². The summed E-state index contributed by atoms with van der Waals surface area (Å²) in [6, 6.07) is 18.4. The third-order valence-electron chi connectivity index (χ3n) is 4.58. The quantitative estimate of drug-likeness (QED) is 0.537. The van der Waals surface area contributed by atoms with E-state index in [1.165, 1.54) is 10.9 Å². The van der Waals surface area contributed by atoms with Gasteiger partial charge in [-0.25, -0.2) is 4.98 Å². The van der Waals surface area contributed by atoms with Gasteiger partial charge in [-0.2, -0.15) is 0 Å². The van der Waals surface area contributed by atoms with Crippen LogP contribution >= 0.6 is 0 Å². The molecular formula is C22H19N3O3. The first-order valence-electron chi connectivity index (χ1n) is 8.95. The Hall–Kier alpha value is -3.67. The average Bonchev–Trinajstić information content (AvgIpc) is 3.22. The maximum absolute atomic E-state index is 13.1. The van der Waals surface area contributed by atoms with Gasteiger partial charge >= 0.3 is 0 Å². The largest absolute Gasteiger partial charge is 0.467 e. The van der Waals surface area contributed by atoms with E-state index in [0.29, 0.717) is 16.7 Å². The number of carbonyl (C=O) groups excluding carboxylic acids is 1. The number of anilines is 1. The first-order valence-corrected chi connectivity index (χ1v) is 8.95. The van der Waals surface area contributed by atoms with E-state index in [1.54, 1.807) is 35.4 Å². The van der Waals surface area contributed by atoms with Crippen molar-refractivity contribution in [2.75, 3.05) is 4.90 Å². The summed E-state index contributed by atoms with van der Waals surface area (Å²) in [4.78, 5) is 31.7. The highest BCUT2D eigenvalue weighted by molar-refractivity contribution is 5.93. The first kappa shape index (κ1) is 17.7. The molecule has 0 N–H and O–H groups in total. The number of aryl methyl sites for hydroxylation is 1. The number of aromatic nitrogens is 2. The van der Waals surface area contributed by atoms with Crippen molar-refractivity contribution in [1.82, 2.24) is 9.55 Å². The fourth-order valence-corrected chi connectivity index (χ4v) is 3.06. The maximum Gasteiger partial charge on any atom is 0.261 e. The van der Waals surface area contributed by atoms with Gasteiger partial charge < -0.3 is 9.32 Å². The van der Waals surface area contributed by atoms with Gasteiger partial charge in [0.15, 0.2) is 0 Å². The van der Waals surface area contributed by atoms with Crippen molar-refractivity contribution in [3.63, 3.8) is 0 Å². The van der Waals surface area contributed by atoms with Gasteiger partial charge in [0.05, 0.1) is 30.0 Å². The molecule has 6 heteroatoms. The van der Waals surface area contributed by atoms with Crippen LogP contribution < -0.4 is 10.5 Å². The molecule has 0 saturated heterocycles. The van der Waals surface area contributed by atoms with Crippen LogP contribution in [0.15, 0.2) is 82.5 Å². The average molecular weight is 373 g/mol. The molecule has 0 bridgehead atoms. The maximum atomic E-state index is 13.1. The molecule has 2 aromatic carbocycles. The van der Waals surface area contributed by atoms with Crippen LogP contribution in [0.5, 0.6) is 0 Å². The molecule has 0 radical (unpaired) electrons. The minimum atomic E-state index is -0.235. The van der Waals surface area contributed by atoms with Gasteiger partial charge in [0.1, 0.15) is 12.3 Å². The van der Waals surface area contributed by atoms with Crippen molar-refractivity contribution in [1.29, 1.82) is 0 Å². The predicted octanol–water partition coefficient (Wildman–Crippen LogP) is 3.53. The number of fused-ring (bicyclic) bond motifs is 1. The summed E-state index contributed by atoms with van der Waals surface area (Å²) in [7, 11) is 0. The van der Waals surface area contributed by atoms with Gasteiger partial charge in [0.25, 0.3) is 5.56 Å². The standard InChI is InChI=1S/C22H19N3O3/c1-16-8-10-17(11-9-16)25(13-18-5-4-12-28-18)21(26)14-24-15-23-20-7-3-2-6-19(20)22(24)27/h2-12,15H,13-14H2,1H3. The summed E-state index contributed by atoms with van der Waals surface area (Å²) in [5, 5.41) is 0.491. The summed E-state index contributed by atoms with van der Waals surface area (Å²) in [5.74, 6) is 0.442. The van der Waals surface area contributed by atoms with Crippen LogP contribution in [0.3, 0.4) is 0 Å². The summed E-state index contributed by atoms with van der Waals surface area (Å²) < 4.78 is 6.76. The molecule has 2 aromatic heterocycles. The zero-order chi connectivity index (χ0) is 19.5. The van der Waals surface area contributed by atoms with Crippen LogP contribution in [0.1, 0.15) is 11.3 Å². The summed E-state index contributed by atoms with van der Waals surface area (Å²) in [5.41, 5.74) is 2.22. The number of amides is 1. The second-order valence-corrected chi connectivity index (χ2v) is 6.59. The normalized spacial score (nSPS) is 10.9. The second-order valence-electron chi connectivity index (χ2n) is 6.59. The number of furan rings is 1. The predicted molar refractivity (Wildman–Crippen MR) is 107 cm³/mol. The van der Waals surface area contributed by atoms with Gasteiger partial charge in [-0.05, 0) is 43.3 Å². The Morgan fingerprint density at radius 1 is 1.07 bits per heavy atom. The Morgan fingerprint density at radius 2 is 1.86 bits per heavy atom. The van der Waals surface area contributed by atoms with Crippen molar-refractivity contribution >= 4 is 22.5 Å². The molecule has 4 rings (SSSR count). The molecule has 0 unspecified atom stereocenters. The zero-order valence-corrected chi connectivity index (χ0v) is 15.4. The minimum Gasteiger partial charge on any atom is -0.467 e. The molecule has 6 nitrogen and oxygen atoms in total. The van der Waals surface area contributed by atoms with Crippen molar-refractivity contribution in [3.8, 4) is 0 Å². The van der Waals surface area contributed by atoms with E-state index in [0.717, 1.165) is 11.3 Å². The van der Waals surface area contributed by atoms with E-state index in [1.807, 2.05) is 43.3 Å². The van der Waals surface area contributed by atoms with Crippen LogP contribution in [0.4, 0.5) is 5.69 Å².